The summed E-state index contributed by atoms with van der Waals surface area (Å²) in [4.78, 5) is 12.4. The maximum atomic E-state index is 14.3. The van der Waals surface area contributed by atoms with E-state index in [1.807, 2.05) is 42.5 Å². The Morgan fingerprint density at radius 3 is 2.59 bits per heavy atom. The van der Waals surface area contributed by atoms with Gasteiger partial charge in [-0.25, -0.2) is 9.82 Å². The lowest BCUT2D eigenvalue weighted by molar-refractivity contribution is 0.0954. The van der Waals surface area contributed by atoms with Crippen LogP contribution in [0.2, 0.25) is 5.02 Å². The largest absolute Gasteiger partial charge is 0.272 e. The van der Waals surface area contributed by atoms with Gasteiger partial charge in [0.15, 0.2) is 0 Å². The van der Waals surface area contributed by atoms with E-state index in [0.717, 1.165) is 9.13 Å². The molecule has 0 aliphatic carbocycles. The van der Waals surface area contributed by atoms with Crippen molar-refractivity contribution in [3.8, 4) is 11.3 Å². The quantitative estimate of drug-likeness (QED) is 0.186. The van der Waals surface area contributed by atoms with Crippen molar-refractivity contribution in [1.29, 1.82) is 0 Å². The van der Waals surface area contributed by atoms with E-state index < -0.39 is 5.82 Å². The zero-order chi connectivity index (χ0) is 22.5. The van der Waals surface area contributed by atoms with Gasteiger partial charge in [0.25, 0.3) is 5.91 Å². The zero-order valence-electron chi connectivity index (χ0n) is 16.7. The molecule has 0 bridgehead atoms. The van der Waals surface area contributed by atoms with Gasteiger partial charge in [-0.05, 0) is 46.9 Å². The van der Waals surface area contributed by atoms with Crippen molar-refractivity contribution < 1.29 is 9.18 Å². The Balaban J connectivity index is 1.62. The molecule has 0 radical (unpaired) electrons. The SMILES string of the molecule is O=C(N/N=C\c1cn(Cc2c(F)cccc2Cl)nc1-c1ccccc1)c1ccccc1I. The van der Waals surface area contributed by atoms with Crippen LogP contribution in [0.3, 0.4) is 0 Å². The van der Waals surface area contributed by atoms with E-state index in [-0.39, 0.29) is 12.5 Å². The van der Waals surface area contributed by atoms with Crippen LogP contribution in [0.15, 0.2) is 84.1 Å². The fourth-order valence-electron chi connectivity index (χ4n) is 3.14. The number of aromatic nitrogens is 2. The molecule has 8 heteroatoms. The van der Waals surface area contributed by atoms with Crippen LogP contribution in [0.1, 0.15) is 21.5 Å². The first-order valence-electron chi connectivity index (χ1n) is 9.66. The Morgan fingerprint density at radius 2 is 1.84 bits per heavy atom. The number of rotatable bonds is 6. The Morgan fingerprint density at radius 1 is 1.09 bits per heavy atom. The van der Waals surface area contributed by atoms with E-state index in [0.29, 0.717) is 27.4 Å². The summed E-state index contributed by atoms with van der Waals surface area (Å²) < 4.78 is 16.7. The highest BCUT2D eigenvalue weighted by molar-refractivity contribution is 14.1. The van der Waals surface area contributed by atoms with E-state index in [1.54, 1.807) is 35.1 Å². The summed E-state index contributed by atoms with van der Waals surface area (Å²) in [5.41, 5.74) is 5.65. The first-order chi connectivity index (χ1) is 15.5. The van der Waals surface area contributed by atoms with Gasteiger partial charge < -0.3 is 0 Å². The highest BCUT2D eigenvalue weighted by Gasteiger charge is 2.14. The van der Waals surface area contributed by atoms with Gasteiger partial charge in [0.05, 0.1) is 18.3 Å². The molecule has 4 rings (SSSR count). The molecular weight excluding hydrogens is 542 g/mol. The van der Waals surface area contributed by atoms with Crippen LogP contribution in [0.5, 0.6) is 0 Å². The third kappa shape index (κ3) is 5.05. The summed E-state index contributed by atoms with van der Waals surface area (Å²) in [6.07, 6.45) is 3.27. The molecule has 0 aliphatic heterocycles. The number of benzene rings is 3. The molecule has 1 N–H and O–H groups in total. The van der Waals surface area contributed by atoms with Crippen LogP contribution in [-0.2, 0) is 6.54 Å². The van der Waals surface area contributed by atoms with Crippen molar-refractivity contribution in [3.05, 3.63) is 110 Å². The van der Waals surface area contributed by atoms with Gasteiger partial charge in [0.2, 0.25) is 0 Å². The molecule has 1 amide bonds. The molecule has 0 fully saturated rings. The van der Waals surface area contributed by atoms with Crippen LogP contribution in [-0.4, -0.2) is 21.9 Å². The molecule has 4 aromatic rings. The Labute approximate surface area is 203 Å². The fourth-order valence-corrected chi connectivity index (χ4v) is 4.00. The first kappa shape index (κ1) is 22.2. The van der Waals surface area contributed by atoms with Crippen LogP contribution in [0.25, 0.3) is 11.3 Å². The summed E-state index contributed by atoms with van der Waals surface area (Å²) in [5.74, 6) is -0.702. The lowest BCUT2D eigenvalue weighted by Crippen LogP contribution is -2.18. The van der Waals surface area contributed by atoms with Gasteiger partial charge >= 0.3 is 0 Å². The number of carbonyl (C=O) groups excluding carboxylic acids is 1. The molecular formula is C24H17ClFIN4O. The molecule has 1 heterocycles. The lowest BCUT2D eigenvalue weighted by Gasteiger charge is -2.05. The van der Waals surface area contributed by atoms with Gasteiger partial charge in [-0.15, -0.1) is 0 Å². The van der Waals surface area contributed by atoms with Crippen LogP contribution >= 0.6 is 34.2 Å². The molecule has 0 saturated heterocycles. The third-order valence-electron chi connectivity index (χ3n) is 4.71. The van der Waals surface area contributed by atoms with Crippen molar-refractivity contribution in [2.75, 3.05) is 0 Å². The monoisotopic (exact) mass is 558 g/mol. The van der Waals surface area contributed by atoms with Crippen molar-refractivity contribution >= 4 is 46.3 Å². The molecule has 0 saturated carbocycles. The number of nitrogens with zero attached hydrogens (tertiary/aromatic N) is 3. The van der Waals surface area contributed by atoms with Gasteiger partial charge in [0, 0.05) is 31.5 Å². The molecule has 0 spiro atoms. The summed E-state index contributed by atoms with van der Waals surface area (Å²) in [5, 5.41) is 9.07. The predicted molar refractivity (Wildman–Crippen MR) is 132 cm³/mol. The second kappa shape index (κ2) is 10.1. The Hall–Kier alpha value is -3.04. The topological polar surface area (TPSA) is 59.3 Å². The minimum absolute atomic E-state index is 0.160. The Bertz CT molecular complexity index is 1270. The number of nitrogens with one attached hydrogen (secondary N) is 1. The summed E-state index contributed by atoms with van der Waals surface area (Å²) in [7, 11) is 0. The molecule has 32 heavy (non-hydrogen) atoms. The van der Waals surface area contributed by atoms with E-state index in [2.05, 4.69) is 38.2 Å². The fraction of sp³-hybridized carbons (Fsp3) is 0.0417. The number of amides is 1. The molecule has 0 aliphatic rings. The number of halogens is 3. The van der Waals surface area contributed by atoms with E-state index >= 15 is 0 Å². The summed E-state index contributed by atoms with van der Waals surface area (Å²) in [6.45, 7) is 0.160. The molecule has 160 valence electrons. The number of hydrazone groups is 1. The van der Waals surface area contributed by atoms with Gasteiger partial charge in [-0.2, -0.15) is 10.2 Å². The zero-order valence-corrected chi connectivity index (χ0v) is 19.6. The average molecular weight is 559 g/mol. The third-order valence-corrected chi connectivity index (χ3v) is 6.00. The van der Waals surface area contributed by atoms with E-state index in [4.69, 9.17) is 11.6 Å². The van der Waals surface area contributed by atoms with Crippen molar-refractivity contribution in [2.24, 2.45) is 5.10 Å². The maximum absolute atomic E-state index is 14.3. The van der Waals surface area contributed by atoms with Crippen molar-refractivity contribution in [3.63, 3.8) is 0 Å². The number of carbonyl (C=O) groups is 1. The normalized spacial score (nSPS) is 11.1. The standard InChI is InChI=1S/C24H17ClFIN4O/c25-20-10-6-11-21(26)19(20)15-31-14-17(23(30-31)16-7-2-1-3-8-16)13-28-29-24(32)18-9-4-5-12-22(18)27/h1-14H,15H2,(H,29,32)/b28-13-. The second-order valence-electron chi connectivity index (χ2n) is 6.88. The maximum Gasteiger partial charge on any atom is 0.272 e. The van der Waals surface area contributed by atoms with E-state index in [9.17, 15) is 9.18 Å². The molecule has 0 atom stereocenters. The summed E-state index contributed by atoms with van der Waals surface area (Å²) in [6, 6.07) is 21.4. The van der Waals surface area contributed by atoms with Gasteiger partial charge in [0.1, 0.15) is 11.5 Å². The van der Waals surface area contributed by atoms with Gasteiger partial charge in [-0.1, -0.05) is 60.1 Å². The lowest BCUT2D eigenvalue weighted by atomic mass is 10.1. The van der Waals surface area contributed by atoms with Crippen LogP contribution in [0.4, 0.5) is 4.39 Å². The smallest absolute Gasteiger partial charge is 0.267 e. The highest BCUT2D eigenvalue weighted by Crippen LogP contribution is 2.24. The number of hydrogen-bond acceptors (Lipinski definition) is 3. The highest BCUT2D eigenvalue weighted by atomic mass is 127. The van der Waals surface area contributed by atoms with E-state index in [1.165, 1.54) is 12.3 Å². The predicted octanol–water partition coefficient (Wildman–Crippen LogP) is 5.76. The van der Waals surface area contributed by atoms with Crippen LogP contribution < -0.4 is 5.43 Å². The molecule has 1 aromatic heterocycles. The van der Waals surface area contributed by atoms with Crippen molar-refractivity contribution in [2.45, 2.75) is 6.54 Å². The minimum Gasteiger partial charge on any atom is -0.267 e. The minimum atomic E-state index is -0.394. The van der Waals surface area contributed by atoms with Crippen molar-refractivity contribution in [1.82, 2.24) is 15.2 Å². The first-order valence-corrected chi connectivity index (χ1v) is 11.1. The van der Waals surface area contributed by atoms with Gasteiger partial charge in [-0.3, -0.25) is 9.48 Å². The molecule has 0 unspecified atom stereocenters. The average Bonchev–Trinajstić information content (AvgIpc) is 3.20. The second-order valence-corrected chi connectivity index (χ2v) is 8.45. The molecule has 3 aromatic carbocycles. The number of hydrogen-bond donors (Lipinski definition) is 1. The Kier molecular flexibility index (Phi) is 6.96. The molecule has 5 nitrogen and oxygen atoms in total. The summed E-state index contributed by atoms with van der Waals surface area (Å²) >= 11 is 8.28. The van der Waals surface area contributed by atoms with Crippen LogP contribution in [0, 0.1) is 9.39 Å².